The van der Waals surface area contributed by atoms with Gasteiger partial charge in [0.15, 0.2) is 0 Å². The van der Waals surface area contributed by atoms with E-state index in [1.54, 1.807) is 0 Å². The van der Waals surface area contributed by atoms with E-state index in [2.05, 4.69) is 34.1 Å². The van der Waals surface area contributed by atoms with Gasteiger partial charge in [0.1, 0.15) is 5.82 Å². The van der Waals surface area contributed by atoms with Crippen molar-refractivity contribution in [1.29, 1.82) is 0 Å². The van der Waals surface area contributed by atoms with E-state index in [0.29, 0.717) is 0 Å². The van der Waals surface area contributed by atoms with Crippen LogP contribution >= 0.6 is 0 Å². The van der Waals surface area contributed by atoms with Gasteiger partial charge in [-0.2, -0.15) is 0 Å². The van der Waals surface area contributed by atoms with E-state index in [1.807, 2.05) is 19.1 Å². The normalized spacial score (nSPS) is 14.9. The second-order valence-electron chi connectivity index (χ2n) is 5.08. The van der Waals surface area contributed by atoms with Crippen molar-refractivity contribution in [2.45, 2.75) is 26.2 Å². The van der Waals surface area contributed by atoms with E-state index in [9.17, 15) is 0 Å². The minimum Gasteiger partial charge on any atom is -0.397 e. The molecule has 0 spiro atoms. The number of aromatic nitrogens is 1. The van der Waals surface area contributed by atoms with Crippen LogP contribution in [0.1, 0.15) is 24.1 Å². The smallest absolute Gasteiger partial charge is 0.133 e. The highest BCUT2D eigenvalue weighted by atomic mass is 15.2. The fourth-order valence-electron chi connectivity index (χ4n) is 2.64. The molecule has 0 unspecified atom stereocenters. The highest BCUT2D eigenvalue weighted by Gasteiger charge is 2.17. The summed E-state index contributed by atoms with van der Waals surface area (Å²) < 4.78 is 0. The Morgan fingerprint density at radius 1 is 1.11 bits per heavy atom. The first-order valence-electron chi connectivity index (χ1n) is 6.84. The van der Waals surface area contributed by atoms with Crippen LogP contribution in [0.4, 0.5) is 17.2 Å². The molecular formula is C16H19N3. The number of nitrogens with two attached hydrogens (primary N) is 1. The van der Waals surface area contributed by atoms with Gasteiger partial charge in [-0.15, -0.1) is 0 Å². The molecule has 1 aromatic heterocycles. The number of pyridine rings is 1. The number of hydrogen-bond donors (Lipinski definition) is 1. The summed E-state index contributed by atoms with van der Waals surface area (Å²) >= 11 is 0. The standard InChI is InChI=1S/C16H19N3/c1-12-14(17)9-10-16(18-12)19-11-5-4-7-13-6-2-3-8-15(13)19/h2-3,6,8-10H,4-5,7,11,17H2,1H3. The van der Waals surface area contributed by atoms with Gasteiger partial charge in [-0.25, -0.2) is 4.98 Å². The minimum atomic E-state index is 0.756. The van der Waals surface area contributed by atoms with Crippen LogP contribution in [-0.2, 0) is 6.42 Å². The largest absolute Gasteiger partial charge is 0.397 e. The zero-order valence-corrected chi connectivity index (χ0v) is 11.3. The number of aryl methyl sites for hydroxylation is 2. The molecule has 1 aliphatic heterocycles. The van der Waals surface area contributed by atoms with Crippen LogP contribution in [0.25, 0.3) is 0 Å². The van der Waals surface area contributed by atoms with Gasteiger partial charge in [-0.1, -0.05) is 18.2 Å². The van der Waals surface area contributed by atoms with Gasteiger partial charge in [-0.3, -0.25) is 0 Å². The van der Waals surface area contributed by atoms with Crippen molar-refractivity contribution in [3.8, 4) is 0 Å². The maximum atomic E-state index is 5.86. The molecule has 0 aliphatic carbocycles. The van der Waals surface area contributed by atoms with Crippen LogP contribution in [0.5, 0.6) is 0 Å². The zero-order valence-electron chi connectivity index (χ0n) is 11.3. The van der Waals surface area contributed by atoms with E-state index in [4.69, 9.17) is 5.73 Å². The second kappa shape index (κ2) is 4.92. The van der Waals surface area contributed by atoms with Crippen LogP contribution in [0.3, 0.4) is 0 Å². The summed E-state index contributed by atoms with van der Waals surface area (Å²) in [6, 6.07) is 12.6. The number of rotatable bonds is 1. The van der Waals surface area contributed by atoms with Crippen LogP contribution < -0.4 is 10.6 Å². The molecule has 3 rings (SSSR count). The number of nitrogen functional groups attached to an aromatic ring is 1. The van der Waals surface area contributed by atoms with Gasteiger partial charge >= 0.3 is 0 Å². The molecule has 19 heavy (non-hydrogen) atoms. The molecule has 0 bridgehead atoms. The van der Waals surface area contributed by atoms with Gasteiger partial charge in [0, 0.05) is 12.2 Å². The third-order valence-corrected chi connectivity index (χ3v) is 3.75. The van der Waals surface area contributed by atoms with Crippen molar-refractivity contribution in [2.75, 3.05) is 17.2 Å². The summed E-state index contributed by atoms with van der Waals surface area (Å²) in [5, 5.41) is 0. The average molecular weight is 253 g/mol. The van der Waals surface area contributed by atoms with E-state index < -0.39 is 0 Å². The molecule has 98 valence electrons. The number of anilines is 3. The Balaban J connectivity index is 2.06. The van der Waals surface area contributed by atoms with Crippen molar-refractivity contribution in [1.82, 2.24) is 4.98 Å². The van der Waals surface area contributed by atoms with Crippen LogP contribution in [0, 0.1) is 6.92 Å². The molecule has 0 atom stereocenters. The Labute approximate surface area is 114 Å². The number of fused-ring (bicyclic) bond motifs is 1. The van der Waals surface area contributed by atoms with Crippen molar-refractivity contribution in [3.05, 3.63) is 47.7 Å². The summed E-state index contributed by atoms with van der Waals surface area (Å²) in [6.07, 6.45) is 3.59. The summed E-state index contributed by atoms with van der Waals surface area (Å²) in [7, 11) is 0. The van der Waals surface area contributed by atoms with Crippen molar-refractivity contribution in [3.63, 3.8) is 0 Å². The zero-order chi connectivity index (χ0) is 13.2. The molecule has 3 nitrogen and oxygen atoms in total. The SMILES string of the molecule is Cc1nc(N2CCCCc3ccccc32)ccc1N. The highest BCUT2D eigenvalue weighted by Crippen LogP contribution is 2.32. The molecule has 2 N–H and O–H groups in total. The summed E-state index contributed by atoms with van der Waals surface area (Å²) in [5.74, 6) is 1.00. The average Bonchev–Trinajstić information content (AvgIpc) is 2.64. The third-order valence-electron chi connectivity index (χ3n) is 3.75. The van der Waals surface area contributed by atoms with E-state index in [1.165, 1.54) is 24.1 Å². The van der Waals surface area contributed by atoms with E-state index in [0.717, 1.165) is 30.2 Å². The van der Waals surface area contributed by atoms with Gasteiger partial charge in [0.25, 0.3) is 0 Å². The molecule has 1 aromatic carbocycles. The maximum absolute atomic E-state index is 5.86. The Morgan fingerprint density at radius 3 is 2.79 bits per heavy atom. The Kier molecular flexibility index (Phi) is 3.11. The molecule has 2 aromatic rings. The van der Waals surface area contributed by atoms with Gasteiger partial charge in [-0.05, 0) is 49.9 Å². The van der Waals surface area contributed by atoms with Crippen molar-refractivity contribution in [2.24, 2.45) is 0 Å². The van der Waals surface area contributed by atoms with Crippen LogP contribution in [0.15, 0.2) is 36.4 Å². The molecule has 0 radical (unpaired) electrons. The third kappa shape index (κ3) is 2.28. The summed E-state index contributed by atoms with van der Waals surface area (Å²) in [6.45, 7) is 2.98. The first-order chi connectivity index (χ1) is 9.25. The lowest BCUT2D eigenvalue weighted by Gasteiger charge is -2.24. The summed E-state index contributed by atoms with van der Waals surface area (Å²) in [5.41, 5.74) is 10.2. The lowest BCUT2D eigenvalue weighted by Crippen LogP contribution is -2.19. The molecule has 0 amide bonds. The Bertz CT molecular complexity index is 592. The Morgan fingerprint density at radius 2 is 1.95 bits per heavy atom. The maximum Gasteiger partial charge on any atom is 0.133 e. The van der Waals surface area contributed by atoms with Gasteiger partial charge < -0.3 is 10.6 Å². The van der Waals surface area contributed by atoms with E-state index >= 15 is 0 Å². The van der Waals surface area contributed by atoms with Crippen LogP contribution in [0.2, 0.25) is 0 Å². The molecule has 1 aliphatic rings. The Hall–Kier alpha value is -2.03. The monoisotopic (exact) mass is 253 g/mol. The molecule has 0 saturated carbocycles. The topological polar surface area (TPSA) is 42.2 Å². The lowest BCUT2D eigenvalue weighted by molar-refractivity contribution is 0.757. The fourth-order valence-corrected chi connectivity index (χ4v) is 2.64. The van der Waals surface area contributed by atoms with Crippen molar-refractivity contribution < 1.29 is 0 Å². The molecule has 0 fully saturated rings. The highest BCUT2D eigenvalue weighted by molar-refractivity contribution is 5.65. The molecular weight excluding hydrogens is 234 g/mol. The summed E-state index contributed by atoms with van der Waals surface area (Å²) in [4.78, 5) is 6.95. The predicted octanol–water partition coefficient (Wildman–Crippen LogP) is 3.45. The predicted molar refractivity (Wildman–Crippen MR) is 79.8 cm³/mol. The molecule has 0 saturated heterocycles. The molecule has 3 heteroatoms. The first-order valence-corrected chi connectivity index (χ1v) is 6.84. The van der Waals surface area contributed by atoms with E-state index in [-0.39, 0.29) is 0 Å². The second-order valence-corrected chi connectivity index (χ2v) is 5.08. The number of para-hydroxylation sites is 1. The minimum absolute atomic E-state index is 0.756. The van der Waals surface area contributed by atoms with Crippen molar-refractivity contribution >= 4 is 17.2 Å². The van der Waals surface area contributed by atoms with Crippen LogP contribution in [-0.4, -0.2) is 11.5 Å². The lowest BCUT2D eigenvalue weighted by atomic mass is 10.1. The number of benzene rings is 1. The van der Waals surface area contributed by atoms with Gasteiger partial charge in [0.05, 0.1) is 11.4 Å². The number of nitrogens with zero attached hydrogens (tertiary/aromatic N) is 2. The van der Waals surface area contributed by atoms with Gasteiger partial charge in [0.2, 0.25) is 0 Å². The fraction of sp³-hybridized carbons (Fsp3) is 0.312. The number of hydrogen-bond acceptors (Lipinski definition) is 3. The first kappa shape index (κ1) is 12.0. The molecule has 2 heterocycles. The quantitative estimate of drug-likeness (QED) is 0.846.